The molecule has 0 aliphatic rings. The Morgan fingerprint density at radius 3 is 2.43 bits per heavy atom. The largest absolute Gasteiger partial charge is 0.323 e. The van der Waals surface area contributed by atoms with E-state index < -0.39 is 12.0 Å². The Bertz CT molecular complexity index is 308. The Morgan fingerprint density at radius 1 is 1.36 bits per heavy atom. The molecule has 2 N–H and O–H groups in total. The highest BCUT2D eigenvalue weighted by Crippen LogP contribution is 2.24. The Balaban J connectivity index is 2.84. The zero-order chi connectivity index (χ0) is 10.8. The zero-order valence-electron chi connectivity index (χ0n) is 8.43. The molecule has 1 aromatic carbocycles. The number of halogens is 2. The summed E-state index contributed by atoms with van der Waals surface area (Å²) in [5.41, 5.74) is 6.76. The average Bonchev–Trinajstić information content (AvgIpc) is 2.08. The van der Waals surface area contributed by atoms with Crippen molar-refractivity contribution in [1.82, 2.24) is 0 Å². The van der Waals surface area contributed by atoms with Gasteiger partial charge in [0.05, 0.1) is 6.04 Å². The molecule has 1 rings (SSSR count). The topological polar surface area (TPSA) is 26.0 Å². The van der Waals surface area contributed by atoms with Crippen LogP contribution in [0, 0.1) is 6.92 Å². The molecule has 0 saturated carbocycles. The van der Waals surface area contributed by atoms with Crippen LogP contribution in [0.4, 0.5) is 8.78 Å². The molecule has 0 heterocycles. The average molecular weight is 199 g/mol. The first-order valence-corrected chi connectivity index (χ1v) is 4.61. The fraction of sp³-hybridized carbons (Fsp3) is 0.455. The first-order chi connectivity index (χ1) is 6.43. The van der Waals surface area contributed by atoms with E-state index >= 15 is 0 Å². The standard InChI is InChI=1S/C11H15F2N/c1-8-5-3-4-6-10(8)7-11(12,13)9(2)14/h3-6,9H,7,14H2,1-2H3. The van der Waals surface area contributed by atoms with Gasteiger partial charge in [-0.3, -0.25) is 0 Å². The minimum Gasteiger partial charge on any atom is -0.323 e. The molecule has 0 saturated heterocycles. The van der Waals surface area contributed by atoms with Crippen LogP contribution in [-0.2, 0) is 6.42 Å². The molecule has 0 aliphatic carbocycles. The molecule has 1 aromatic rings. The molecule has 0 fully saturated rings. The van der Waals surface area contributed by atoms with E-state index in [0.717, 1.165) is 5.56 Å². The number of benzene rings is 1. The first-order valence-electron chi connectivity index (χ1n) is 4.61. The second-order valence-corrected chi connectivity index (χ2v) is 3.65. The normalized spacial score (nSPS) is 14.1. The molecule has 3 heteroatoms. The highest BCUT2D eigenvalue weighted by Gasteiger charge is 2.34. The maximum atomic E-state index is 13.3. The van der Waals surface area contributed by atoms with Gasteiger partial charge in [-0.2, -0.15) is 0 Å². The summed E-state index contributed by atoms with van der Waals surface area (Å²) in [5.74, 6) is -2.83. The predicted octanol–water partition coefficient (Wildman–Crippen LogP) is 2.52. The van der Waals surface area contributed by atoms with Crippen LogP contribution >= 0.6 is 0 Å². The first kappa shape index (κ1) is 11.1. The summed E-state index contributed by atoms with van der Waals surface area (Å²) >= 11 is 0. The van der Waals surface area contributed by atoms with Gasteiger partial charge in [0.15, 0.2) is 0 Å². The number of rotatable bonds is 3. The van der Waals surface area contributed by atoms with Crippen LogP contribution in [-0.4, -0.2) is 12.0 Å². The zero-order valence-corrected chi connectivity index (χ0v) is 8.43. The van der Waals surface area contributed by atoms with Crippen molar-refractivity contribution in [2.24, 2.45) is 5.73 Å². The van der Waals surface area contributed by atoms with Crippen molar-refractivity contribution in [2.45, 2.75) is 32.2 Å². The van der Waals surface area contributed by atoms with Crippen molar-refractivity contribution in [1.29, 1.82) is 0 Å². The van der Waals surface area contributed by atoms with Gasteiger partial charge in [-0.25, -0.2) is 8.78 Å². The molecular formula is C11H15F2N. The molecule has 78 valence electrons. The Hall–Kier alpha value is -0.960. The second kappa shape index (κ2) is 4.05. The van der Waals surface area contributed by atoms with Gasteiger partial charge >= 0.3 is 0 Å². The summed E-state index contributed by atoms with van der Waals surface area (Å²) in [7, 11) is 0. The van der Waals surface area contributed by atoms with Crippen molar-refractivity contribution in [2.75, 3.05) is 0 Å². The molecule has 1 nitrogen and oxygen atoms in total. The maximum Gasteiger partial charge on any atom is 0.266 e. The van der Waals surface area contributed by atoms with Gasteiger partial charge in [-0.05, 0) is 25.0 Å². The van der Waals surface area contributed by atoms with E-state index in [4.69, 9.17) is 5.73 Å². The van der Waals surface area contributed by atoms with E-state index in [0.29, 0.717) is 5.56 Å². The van der Waals surface area contributed by atoms with Gasteiger partial charge < -0.3 is 5.73 Å². The minimum atomic E-state index is -2.83. The predicted molar refractivity (Wildman–Crippen MR) is 53.5 cm³/mol. The molecule has 0 aromatic heterocycles. The van der Waals surface area contributed by atoms with Crippen LogP contribution in [0.3, 0.4) is 0 Å². The summed E-state index contributed by atoms with van der Waals surface area (Å²) in [6.07, 6.45) is -0.280. The highest BCUT2D eigenvalue weighted by molar-refractivity contribution is 5.26. The number of hydrogen-bond acceptors (Lipinski definition) is 1. The van der Waals surface area contributed by atoms with Gasteiger partial charge in [-0.15, -0.1) is 0 Å². The van der Waals surface area contributed by atoms with E-state index in [-0.39, 0.29) is 6.42 Å². The summed E-state index contributed by atoms with van der Waals surface area (Å²) in [5, 5.41) is 0. The second-order valence-electron chi connectivity index (χ2n) is 3.65. The number of aryl methyl sites for hydroxylation is 1. The van der Waals surface area contributed by atoms with E-state index in [1.54, 1.807) is 12.1 Å². The number of alkyl halides is 2. The van der Waals surface area contributed by atoms with Crippen LogP contribution in [0.2, 0.25) is 0 Å². The van der Waals surface area contributed by atoms with Gasteiger partial charge in [0.25, 0.3) is 5.92 Å². The van der Waals surface area contributed by atoms with E-state index in [1.165, 1.54) is 6.92 Å². The monoisotopic (exact) mass is 199 g/mol. The SMILES string of the molecule is Cc1ccccc1CC(F)(F)C(C)N. The van der Waals surface area contributed by atoms with Crippen molar-refractivity contribution in [3.8, 4) is 0 Å². The van der Waals surface area contributed by atoms with Crippen LogP contribution in [0.5, 0.6) is 0 Å². The molecule has 0 spiro atoms. The highest BCUT2D eigenvalue weighted by atomic mass is 19.3. The summed E-state index contributed by atoms with van der Waals surface area (Å²) < 4.78 is 26.6. The quantitative estimate of drug-likeness (QED) is 0.795. The summed E-state index contributed by atoms with van der Waals surface area (Å²) in [6.45, 7) is 3.16. The number of hydrogen-bond donors (Lipinski definition) is 1. The third-order valence-corrected chi connectivity index (χ3v) is 2.35. The van der Waals surface area contributed by atoms with E-state index in [9.17, 15) is 8.78 Å². The molecule has 0 aliphatic heterocycles. The molecule has 14 heavy (non-hydrogen) atoms. The molecule has 0 amide bonds. The smallest absolute Gasteiger partial charge is 0.266 e. The fourth-order valence-electron chi connectivity index (χ4n) is 1.22. The third-order valence-electron chi connectivity index (χ3n) is 2.35. The van der Waals surface area contributed by atoms with Crippen LogP contribution in [0.25, 0.3) is 0 Å². The lowest BCUT2D eigenvalue weighted by atomic mass is 9.99. The summed E-state index contributed by atoms with van der Waals surface area (Å²) in [4.78, 5) is 0. The van der Waals surface area contributed by atoms with Gasteiger partial charge in [0, 0.05) is 6.42 Å². The molecule has 1 unspecified atom stereocenters. The van der Waals surface area contributed by atoms with Crippen molar-refractivity contribution >= 4 is 0 Å². The lowest BCUT2D eigenvalue weighted by Crippen LogP contribution is -2.40. The van der Waals surface area contributed by atoms with Crippen molar-refractivity contribution in [3.05, 3.63) is 35.4 Å². The van der Waals surface area contributed by atoms with Gasteiger partial charge in [0.2, 0.25) is 0 Å². The minimum absolute atomic E-state index is 0.280. The van der Waals surface area contributed by atoms with Gasteiger partial charge in [0.1, 0.15) is 0 Å². The Kier molecular flexibility index (Phi) is 3.21. The van der Waals surface area contributed by atoms with Crippen molar-refractivity contribution < 1.29 is 8.78 Å². The summed E-state index contributed by atoms with van der Waals surface area (Å²) in [6, 6.07) is 6.03. The molecule has 0 radical (unpaired) electrons. The molecular weight excluding hydrogens is 184 g/mol. The lowest BCUT2D eigenvalue weighted by molar-refractivity contribution is -0.0191. The fourth-order valence-corrected chi connectivity index (χ4v) is 1.22. The number of nitrogens with two attached hydrogens (primary N) is 1. The van der Waals surface area contributed by atoms with Crippen LogP contribution in [0.15, 0.2) is 24.3 Å². The maximum absolute atomic E-state index is 13.3. The third kappa shape index (κ3) is 2.51. The van der Waals surface area contributed by atoms with E-state index in [2.05, 4.69) is 0 Å². The lowest BCUT2D eigenvalue weighted by Gasteiger charge is -2.21. The Labute approximate surface area is 82.9 Å². The van der Waals surface area contributed by atoms with E-state index in [1.807, 2.05) is 19.1 Å². The van der Waals surface area contributed by atoms with Crippen LogP contribution < -0.4 is 5.73 Å². The van der Waals surface area contributed by atoms with Crippen molar-refractivity contribution in [3.63, 3.8) is 0 Å². The molecule has 1 atom stereocenters. The van der Waals surface area contributed by atoms with Crippen LogP contribution in [0.1, 0.15) is 18.1 Å². The Morgan fingerprint density at radius 2 is 1.93 bits per heavy atom. The van der Waals surface area contributed by atoms with Gasteiger partial charge in [-0.1, -0.05) is 24.3 Å². The molecule has 0 bridgehead atoms.